The second-order valence-electron chi connectivity index (χ2n) is 5.20. The maximum atomic E-state index is 12.1. The van der Waals surface area contributed by atoms with Crippen LogP contribution < -0.4 is 9.47 Å². The Balaban J connectivity index is 1.89. The van der Waals surface area contributed by atoms with Gasteiger partial charge in [-0.15, -0.1) is 0 Å². The van der Waals surface area contributed by atoms with Crippen molar-refractivity contribution in [3.05, 3.63) is 64.3 Å². The molecule has 0 aromatic heterocycles. The molecular weight excluding hydrogens is 356 g/mol. The number of hydrogen-bond acceptors (Lipinski definition) is 6. The van der Waals surface area contributed by atoms with Gasteiger partial charge >= 0.3 is 5.97 Å². The van der Waals surface area contributed by atoms with E-state index in [0.717, 1.165) is 0 Å². The summed E-state index contributed by atoms with van der Waals surface area (Å²) in [4.78, 5) is 16.3. The Morgan fingerprint density at radius 3 is 2.85 bits per heavy atom. The zero-order valence-electron chi connectivity index (χ0n) is 13.7. The molecule has 0 N–H and O–H groups in total. The van der Waals surface area contributed by atoms with Crippen LogP contribution in [0.15, 0.2) is 53.2 Å². The number of carbonyl (C=O) groups is 1. The Morgan fingerprint density at radius 2 is 2.12 bits per heavy atom. The summed E-state index contributed by atoms with van der Waals surface area (Å²) in [5, 5.41) is 9.13. The van der Waals surface area contributed by atoms with Gasteiger partial charge in [-0.25, -0.2) is 9.79 Å². The smallest absolute Gasteiger partial charge is 0.363 e. The lowest BCUT2D eigenvalue weighted by molar-refractivity contribution is -0.129. The van der Waals surface area contributed by atoms with Crippen molar-refractivity contribution in [2.75, 3.05) is 13.7 Å². The van der Waals surface area contributed by atoms with Crippen LogP contribution in [0.1, 0.15) is 11.1 Å². The summed E-state index contributed by atoms with van der Waals surface area (Å²) in [6.07, 6.45) is 1.58. The molecule has 0 amide bonds. The average Bonchev–Trinajstić information content (AvgIpc) is 3.01. The normalized spacial score (nSPS) is 14.6. The van der Waals surface area contributed by atoms with Gasteiger partial charge in [0, 0.05) is 10.6 Å². The van der Waals surface area contributed by atoms with E-state index in [4.69, 9.17) is 31.1 Å². The second-order valence-corrected chi connectivity index (χ2v) is 5.64. The van der Waals surface area contributed by atoms with Crippen molar-refractivity contribution in [3.63, 3.8) is 0 Å². The first kappa shape index (κ1) is 17.5. The molecule has 0 saturated heterocycles. The highest BCUT2D eigenvalue weighted by molar-refractivity contribution is 6.31. The monoisotopic (exact) mass is 368 g/mol. The van der Waals surface area contributed by atoms with Gasteiger partial charge in [-0.1, -0.05) is 23.7 Å². The highest BCUT2D eigenvalue weighted by atomic mass is 35.5. The van der Waals surface area contributed by atoms with Gasteiger partial charge in [0.25, 0.3) is 0 Å². The SMILES string of the molecule is COc1cc(/C=C2\N=C(c3cccc(Cl)c3)OC2=O)ccc1OCC#N. The number of hydrogen-bond donors (Lipinski definition) is 0. The molecular formula is C19H13ClN2O4. The minimum Gasteiger partial charge on any atom is -0.493 e. The maximum absolute atomic E-state index is 12.1. The maximum Gasteiger partial charge on any atom is 0.363 e. The van der Waals surface area contributed by atoms with E-state index in [1.165, 1.54) is 7.11 Å². The van der Waals surface area contributed by atoms with E-state index < -0.39 is 5.97 Å². The summed E-state index contributed by atoms with van der Waals surface area (Å²) in [7, 11) is 1.49. The van der Waals surface area contributed by atoms with Crippen molar-refractivity contribution in [2.45, 2.75) is 0 Å². The van der Waals surface area contributed by atoms with Crippen molar-refractivity contribution in [1.82, 2.24) is 0 Å². The lowest BCUT2D eigenvalue weighted by Crippen LogP contribution is -2.05. The molecule has 0 fully saturated rings. The Bertz CT molecular complexity index is 960. The number of ether oxygens (including phenoxy) is 3. The van der Waals surface area contributed by atoms with Crippen LogP contribution in [0.2, 0.25) is 5.02 Å². The third kappa shape index (κ3) is 3.85. The number of cyclic esters (lactones) is 1. The molecule has 2 aromatic rings. The standard InChI is InChI=1S/C19H13ClN2O4/c1-24-17-10-12(5-6-16(17)25-8-7-21)9-15-19(23)26-18(22-15)13-3-2-4-14(20)11-13/h2-6,9-11H,8H2,1H3/b15-9-. The third-order valence-corrected chi connectivity index (χ3v) is 3.71. The number of aliphatic imine (C=N–C) groups is 1. The Kier molecular flexibility index (Phi) is 5.20. The lowest BCUT2D eigenvalue weighted by atomic mass is 10.1. The van der Waals surface area contributed by atoms with Crippen LogP contribution in [0.3, 0.4) is 0 Å². The number of rotatable bonds is 5. The molecule has 0 atom stereocenters. The molecule has 1 heterocycles. The largest absolute Gasteiger partial charge is 0.493 e. The molecule has 0 unspecified atom stereocenters. The number of methoxy groups -OCH3 is 1. The number of nitriles is 1. The first-order valence-electron chi connectivity index (χ1n) is 7.57. The Hall–Kier alpha value is -3.30. The van der Waals surface area contributed by atoms with E-state index in [1.54, 1.807) is 48.5 Å². The van der Waals surface area contributed by atoms with Crippen molar-refractivity contribution in [2.24, 2.45) is 4.99 Å². The van der Waals surface area contributed by atoms with E-state index in [1.807, 2.05) is 6.07 Å². The van der Waals surface area contributed by atoms with Crippen LogP contribution in [0.4, 0.5) is 0 Å². The number of benzene rings is 2. The van der Waals surface area contributed by atoms with Gasteiger partial charge in [0.1, 0.15) is 6.07 Å². The van der Waals surface area contributed by atoms with Crippen molar-refractivity contribution < 1.29 is 19.0 Å². The number of nitrogens with zero attached hydrogens (tertiary/aromatic N) is 2. The molecule has 130 valence electrons. The van der Waals surface area contributed by atoms with Gasteiger partial charge in [0.15, 0.2) is 23.8 Å². The highest BCUT2D eigenvalue weighted by Gasteiger charge is 2.24. The van der Waals surface area contributed by atoms with Crippen molar-refractivity contribution in [3.8, 4) is 17.6 Å². The molecule has 26 heavy (non-hydrogen) atoms. The number of carbonyl (C=O) groups excluding carboxylic acids is 1. The molecule has 2 aromatic carbocycles. The van der Waals surface area contributed by atoms with Crippen molar-refractivity contribution in [1.29, 1.82) is 5.26 Å². The molecule has 1 aliphatic rings. The predicted molar refractivity (Wildman–Crippen MR) is 96.2 cm³/mol. The first-order chi connectivity index (χ1) is 12.6. The van der Waals surface area contributed by atoms with Crippen LogP contribution in [0, 0.1) is 11.3 Å². The topological polar surface area (TPSA) is 80.9 Å². The minimum atomic E-state index is -0.552. The summed E-state index contributed by atoms with van der Waals surface area (Å²) in [5.41, 5.74) is 1.45. The molecule has 0 saturated carbocycles. The molecule has 1 aliphatic heterocycles. The van der Waals surface area contributed by atoms with Crippen LogP contribution in [0.5, 0.6) is 11.5 Å². The first-order valence-corrected chi connectivity index (χ1v) is 7.95. The predicted octanol–water partition coefficient (Wildman–Crippen LogP) is 3.60. The van der Waals surface area contributed by atoms with Crippen molar-refractivity contribution >= 4 is 29.5 Å². The van der Waals surface area contributed by atoms with E-state index in [-0.39, 0.29) is 18.2 Å². The molecule has 0 radical (unpaired) electrons. The van der Waals surface area contributed by atoms with Crippen LogP contribution in [-0.4, -0.2) is 25.6 Å². The molecule has 6 nitrogen and oxygen atoms in total. The summed E-state index contributed by atoms with van der Waals surface area (Å²) in [6, 6.07) is 13.9. The summed E-state index contributed by atoms with van der Waals surface area (Å²) in [6.45, 7) is -0.0869. The summed E-state index contributed by atoms with van der Waals surface area (Å²) < 4.78 is 15.7. The zero-order valence-corrected chi connectivity index (χ0v) is 14.5. The van der Waals surface area contributed by atoms with Gasteiger partial charge in [-0.2, -0.15) is 5.26 Å². The minimum absolute atomic E-state index is 0.0869. The molecule has 0 spiro atoms. The van der Waals surface area contributed by atoms with E-state index >= 15 is 0 Å². The van der Waals surface area contributed by atoms with Crippen LogP contribution >= 0.6 is 11.6 Å². The Labute approximate surface area is 154 Å². The number of esters is 1. The van der Waals surface area contributed by atoms with E-state index in [9.17, 15) is 4.79 Å². The van der Waals surface area contributed by atoms with Gasteiger partial charge in [-0.3, -0.25) is 0 Å². The second kappa shape index (κ2) is 7.72. The van der Waals surface area contributed by atoms with Gasteiger partial charge < -0.3 is 14.2 Å². The molecule has 0 bridgehead atoms. The van der Waals surface area contributed by atoms with Gasteiger partial charge in [0.05, 0.1) is 7.11 Å². The number of halogens is 1. The van der Waals surface area contributed by atoms with Crippen LogP contribution in [-0.2, 0) is 9.53 Å². The van der Waals surface area contributed by atoms with Crippen LogP contribution in [0.25, 0.3) is 6.08 Å². The van der Waals surface area contributed by atoms with E-state index in [2.05, 4.69) is 4.99 Å². The highest BCUT2D eigenvalue weighted by Crippen LogP contribution is 2.29. The fourth-order valence-corrected chi connectivity index (χ4v) is 2.51. The Morgan fingerprint density at radius 1 is 1.27 bits per heavy atom. The average molecular weight is 369 g/mol. The molecule has 7 heteroatoms. The molecule has 0 aliphatic carbocycles. The van der Waals surface area contributed by atoms with Gasteiger partial charge in [0.2, 0.25) is 5.90 Å². The quantitative estimate of drug-likeness (QED) is 0.595. The zero-order chi connectivity index (χ0) is 18.5. The summed E-state index contributed by atoms with van der Waals surface area (Å²) in [5.74, 6) is 0.529. The fraction of sp³-hybridized carbons (Fsp3) is 0.105. The summed E-state index contributed by atoms with van der Waals surface area (Å²) >= 11 is 5.95. The third-order valence-electron chi connectivity index (χ3n) is 3.48. The van der Waals surface area contributed by atoms with Gasteiger partial charge in [-0.05, 0) is 42.0 Å². The van der Waals surface area contributed by atoms with E-state index in [0.29, 0.717) is 27.6 Å². The molecule has 3 rings (SSSR count). The lowest BCUT2D eigenvalue weighted by Gasteiger charge is -2.08. The fourth-order valence-electron chi connectivity index (χ4n) is 2.32.